The summed E-state index contributed by atoms with van der Waals surface area (Å²) in [4.78, 5) is 0. The van der Waals surface area contributed by atoms with Gasteiger partial charge in [-0.2, -0.15) is 11.3 Å². The predicted octanol–water partition coefficient (Wildman–Crippen LogP) is 1.92. The van der Waals surface area contributed by atoms with Crippen LogP contribution in [0, 0.1) is 12.3 Å². The van der Waals surface area contributed by atoms with Crippen molar-refractivity contribution in [3.63, 3.8) is 0 Å². The lowest BCUT2D eigenvalue weighted by Crippen LogP contribution is -1.70. The number of rotatable bonds is 1. The zero-order valence-corrected chi connectivity index (χ0v) is 5.24. The van der Waals surface area contributed by atoms with Gasteiger partial charge in [0.05, 0.1) is 0 Å². The van der Waals surface area contributed by atoms with Crippen LogP contribution in [0.1, 0.15) is 5.56 Å². The quantitative estimate of drug-likeness (QED) is 0.499. The Morgan fingerprint density at radius 1 is 1.75 bits per heavy atom. The molecule has 0 saturated carbocycles. The molecule has 0 N–H and O–H groups in total. The van der Waals surface area contributed by atoms with E-state index in [0.717, 1.165) is 6.42 Å². The second-order valence-corrected chi connectivity index (χ2v) is 2.29. The number of hydrogen-bond acceptors (Lipinski definition) is 1. The molecular formula is C7H6S. The molecule has 8 heavy (non-hydrogen) atoms. The normalized spacial score (nSPS) is 8.38. The van der Waals surface area contributed by atoms with E-state index in [-0.39, 0.29) is 0 Å². The smallest absolute Gasteiger partial charge is 0.0345 e. The van der Waals surface area contributed by atoms with Crippen LogP contribution < -0.4 is 0 Å². The van der Waals surface area contributed by atoms with Gasteiger partial charge >= 0.3 is 0 Å². The highest BCUT2D eigenvalue weighted by atomic mass is 32.1. The molecule has 1 aromatic rings. The summed E-state index contributed by atoms with van der Waals surface area (Å²) in [5.41, 5.74) is 1.25. The van der Waals surface area contributed by atoms with Crippen molar-refractivity contribution in [2.75, 3.05) is 0 Å². The summed E-state index contributed by atoms with van der Waals surface area (Å²) in [6, 6.07) is 2.05. The summed E-state index contributed by atoms with van der Waals surface area (Å²) < 4.78 is 0. The van der Waals surface area contributed by atoms with E-state index < -0.39 is 0 Å². The van der Waals surface area contributed by atoms with Crippen LogP contribution in [0.4, 0.5) is 0 Å². The molecule has 0 radical (unpaired) electrons. The first-order valence-electron chi connectivity index (χ1n) is 2.38. The average molecular weight is 122 g/mol. The molecule has 0 aliphatic rings. The van der Waals surface area contributed by atoms with Gasteiger partial charge in [0, 0.05) is 6.42 Å². The van der Waals surface area contributed by atoms with Gasteiger partial charge in [-0.1, -0.05) is 0 Å². The Morgan fingerprint density at radius 3 is 3.12 bits per heavy atom. The van der Waals surface area contributed by atoms with E-state index in [1.165, 1.54) is 5.56 Å². The molecule has 1 heteroatoms. The second-order valence-electron chi connectivity index (χ2n) is 1.51. The maximum Gasteiger partial charge on any atom is 0.0345 e. The van der Waals surface area contributed by atoms with Crippen LogP contribution in [0.2, 0.25) is 0 Å². The van der Waals surface area contributed by atoms with Crippen molar-refractivity contribution in [1.82, 2.24) is 0 Å². The molecule has 0 fully saturated rings. The SMILES string of the molecule is C#CCc1ccsc1. The van der Waals surface area contributed by atoms with E-state index in [9.17, 15) is 0 Å². The molecule has 0 aliphatic carbocycles. The number of terminal acetylenes is 1. The molecule has 40 valence electrons. The third-order valence-corrected chi connectivity index (χ3v) is 1.62. The number of hydrogen-bond donors (Lipinski definition) is 0. The Balaban J connectivity index is 2.67. The molecule has 1 aromatic heterocycles. The maximum atomic E-state index is 5.07. The van der Waals surface area contributed by atoms with E-state index >= 15 is 0 Å². The minimum Gasteiger partial charge on any atom is -0.152 e. The Kier molecular flexibility index (Phi) is 1.71. The van der Waals surface area contributed by atoms with Crippen LogP contribution in [-0.4, -0.2) is 0 Å². The Bertz CT molecular complexity index is 179. The van der Waals surface area contributed by atoms with Crippen LogP contribution in [-0.2, 0) is 6.42 Å². The lowest BCUT2D eigenvalue weighted by atomic mass is 10.3. The molecule has 0 amide bonds. The number of thiophene rings is 1. The van der Waals surface area contributed by atoms with E-state index in [2.05, 4.69) is 11.3 Å². The van der Waals surface area contributed by atoms with Gasteiger partial charge in [0.1, 0.15) is 0 Å². The summed E-state index contributed by atoms with van der Waals surface area (Å²) >= 11 is 1.68. The van der Waals surface area contributed by atoms with Crippen LogP contribution in [0.5, 0.6) is 0 Å². The van der Waals surface area contributed by atoms with Gasteiger partial charge in [-0.25, -0.2) is 0 Å². The third-order valence-electron chi connectivity index (χ3n) is 0.886. The molecule has 0 saturated heterocycles. The van der Waals surface area contributed by atoms with Crippen molar-refractivity contribution in [2.24, 2.45) is 0 Å². The highest BCUT2D eigenvalue weighted by Crippen LogP contribution is 2.04. The lowest BCUT2D eigenvalue weighted by Gasteiger charge is -1.79. The fourth-order valence-corrected chi connectivity index (χ4v) is 1.18. The highest BCUT2D eigenvalue weighted by Gasteiger charge is 1.84. The monoisotopic (exact) mass is 122 g/mol. The van der Waals surface area contributed by atoms with Crippen LogP contribution >= 0.6 is 11.3 Å². The van der Waals surface area contributed by atoms with Crippen molar-refractivity contribution < 1.29 is 0 Å². The van der Waals surface area contributed by atoms with Gasteiger partial charge < -0.3 is 0 Å². The molecule has 1 heterocycles. The Morgan fingerprint density at radius 2 is 2.62 bits per heavy atom. The zero-order valence-electron chi connectivity index (χ0n) is 4.42. The second kappa shape index (κ2) is 2.54. The largest absolute Gasteiger partial charge is 0.152 e. The third kappa shape index (κ3) is 1.11. The Hall–Kier alpha value is -0.740. The Labute approximate surface area is 53.2 Å². The van der Waals surface area contributed by atoms with Crippen molar-refractivity contribution in [3.8, 4) is 12.3 Å². The van der Waals surface area contributed by atoms with Gasteiger partial charge in [-0.3, -0.25) is 0 Å². The van der Waals surface area contributed by atoms with Crippen LogP contribution in [0.25, 0.3) is 0 Å². The first-order chi connectivity index (χ1) is 3.93. The molecule has 0 bridgehead atoms. The summed E-state index contributed by atoms with van der Waals surface area (Å²) in [7, 11) is 0. The summed E-state index contributed by atoms with van der Waals surface area (Å²) in [5, 5.41) is 4.10. The summed E-state index contributed by atoms with van der Waals surface area (Å²) in [6.45, 7) is 0. The lowest BCUT2D eigenvalue weighted by molar-refractivity contribution is 1.36. The van der Waals surface area contributed by atoms with Crippen molar-refractivity contribution >= 4 is 11.3 Å². The van der Waals surface area contributed by atoms with Gasteiger partial charge in [-0.05, 0) is 22.4 Å². The van der Waals surface area contributed by atoms with E-state index in [4.69, 9.17) is 6.42 Å². The molecule has 0 atom stereocenters. The minimum atomic E-state index is 0.767. The van der Waals surface area contributed by atoms with Crippen molar-refractivity contribution in [2.45, 2.75) is 6.42 Å². The highest BCUT2D eigenvalue weighted by molar-refractivity contribution is 7.07. The average Bonchev–Trinajstić information content (AvgIpc) is 2.19. The molecular weight excluding hydrogens is 116 g/mol. The first kappa shape index (κ1) is 5.40. The van der Waals surface area contributed by atoms with E-state index in [0.29, 0.717) is 0 Å². The van der Waals surface area contributed by atoms with E-state index in [1.54, 1.807) is 11.3 Å². The molecule has 0 spiro atoms. The van der Waals surface area contributed by atoms with Gasteiger partial charge in [0.2, 0.25) is 0 Å². The molecule has 0 aromatic carbocycles. The fraction of sp³-hybridized carbons (Fsp3) is 0.143. The summed E-state index contributed by atoms with van der Waals surface area (Å²) in [5.74, 6) is 2.58. The standard InChI is InChI=1S/C7H6S/c1-2-3-7-4-5-8-6-7/h1,4-6H,3H2. The maximum absolute atomic E-state index is 5.07. The summed E-state index contributed by atoms with van der Waals surface area (Å²) in [6.07, 6.45) is 5.84. The minimum absolute atomic E-state index is 0.767. The molecule has 1 rings (SSSR count). The first-order valence-corrected chi connectivity index (χ1v) is 3.32. The molecule has 0 nitrogen and oxygen atoms in total. The zero-order chi connectivity index (χ0) is 5.82. The predicted molar refractivity (Wildman–Crippen MR) is 36.9 cm³/mol. The van der Waals surface area contributed by atoms with Crippen LogP contribution in [0.15, 0.2) is 16.8 Å². The van der Waals surface area contributed by atoms with Crippen molar-refractivity contribution in [1.29, 1.82) is 0 Å². The molecule has 0 unspecified atom stereocenters. The van der Waals surface area contributed by atoms with Gasteiger partial charge in [0.15, 0.2) is 0 Å². The van der Waals surface area contributed by atoms with Crippen molar-refractivity contribution in [3.05, 3.63) is 22.4 Å². The molecule has 0 aliphatic heterocycles. The van der Waals surface area contributed by atoms with Gasteiger partial charge in [-0.15, -0.1) is 12.3 Å². The van der Waals surface area contributed by atoms with E-state index in [1.807, 2.05) is 11.4 Å². The van der Waals surface area contributed by atoms with Gasteiger partial charge in [0.25, 0.3) is 0 Å². The van der Waals surface area contributed by atoms with Crippen LogP contribution in [0.3, 0.4) is 0 Å². The fourth-order valence-electron chi connectivity index (χ4n) is 0.511. The topological polar surface area (TPSA) is 0 Å².